The molecule has 0 aliphatic heterocycles. The molecule has 1 atom stereocenters. The van der Waals surface area contributed by atoms with E-state index in [0.717, 1.165) is 6.07 Å². The lowest BCUT2D eigenvalue weighted by Gasteiger charge is -2.16. The summed E-state index contributed by atoms with van der Waals surface area (Å²) in [6, 6.07) is 4.76. The third kappa shape index (κ3) is 3.73. The molecule has 6 heteroatoms. The van der Waals surface area contributed by atoms with Gasteiger partial charge >= 0.3 is 6.18 Å². The SMILES string of the molecule is CNC(=O)C(C)NCc1ccccc1C(F)(F)F. The van der Waals surface area contributed by atoms with Gasteiger partial charge in [-0.2, -0.15) is 13.2 Å². The van der Waals surface area contributed by atoms with Gasteiger partial charge in [-0.1, -0.05) is 18.2 Å². The van der Waals surface area contributed by atoms with Crippen molar-refractivity contribution in [3.05, 3.63) is 35.4 Å². The molecule has 0 fully saturated rings. The molecular weight excluding hydrogens is 245 g/mol. The fourth-order valence-electron chi connectivity index (χ4n) is 1.52. The number of likely N-dealkylation sites (N-methyl/N-ethyl adjacent to an activating group) is 1. The van der Waals surface area contributed by atoms with Crippen molar-refractivity contribution in [3.63, 3.8) is 0 Å². The Balaban J connectivity index is 2.77. The van der Waals surface area contributed by atoms with Crippen LogP contribution in [0.5, 0.6) is 0 Å². The minimum absolute atomic E-state index is 0.00965. The Morgan fingerprint density at radius 1 is 1.33 bits per heavy atom. The number of carbonyl (C=O) groups excluding carboxylic acids is 1. The number of hydrogen-bond acceptors (Lipinski definition) is 2. The van der Waals surface area contributed by atoms with E-state index in [1.54, 1.807) is 6.92 Å². The molecule has 0 radical (unpaired) electrons. The van der Waals surface area contributed by atoms with Crippen LogP contribution in [0.3, 0.4) is 0 Å². The molecule has 1 aromatic carbocycles. The highest BCUT2D eigenvalue weighted by atomic mass is 19.4. The predicted octanol–water partition coefficient (Wildman–Crippen LogP) is 1.93. The van der Waals surface area contributed by atoms with Crippen LogP contribution in [0.1, 0.15) is 18.1 Å². The number of nitrogens with one attached hydrogen (secondary N) is 2. The number of halogens is 3. The van der Waals surface area contributed by atoms with Gasteiger partial charge in [0.1, 0.15) is 0 Å². The lowest BCUT2D eigenvalue weighted by atomic mass is 10.1. The number of benzene rings is 1. The monoisotopic (exact) mass is 260 g/mol. The van der Waals surface area contributed by atoms with Crippen molar-refractivity contribution in [2.45, 2.75) is 25.7 Å². The standard InChI is InChI=1S/C12H15F3N2O/c1-8(11(18)16-2)17-7-9-5-3-4-6-10(9)12(13,14)15/h3-6,8,17H,7H2,1-2H3,(H,16,18). The zero-order chi connectivity index (χ0) is 13.8. The van der Waals surface area contributed by atoms with Gasteiger partial charge in [-0.25, -0.2) is 0 Å². The van der Waals surface area contributed by atoms with Crippen LogP contribution >= 0.6 is 0 Å². The number of hydrogen-bond donors (Lipinski definition) is 2. The van der Waals surface area contributed by atoms with E-state index < -0.39 is 17.8 Å². The molecule has 1 aromatic rings. The lowest BCUT2D eigenvalue weighted by molar-refractivity contribution is -0.138. The molecule has 1 rings (SSSR count). The predicted molar refractivity (Wildman–Crippen MR) is 61.8 cm³/mol. The van der Waals surface area contributed by atoms with E-state index in [1.165, 1.54) is 25.2 Å². The van der Waals surface area contributed by atoms with Crippen LogP contribution in [0.4, 0.5) is 13.2 Å². The zero-order valence-electron chi connectivity index (χ0n) is 10.1. The van der Waals surface area contributed by atoms with Gasteiger partial charge in [0.2, 0.25) is 5.91 Å². The maximum Gasteiger partial charge on any atom is 0.416 e. The Morgan fingerprint density at radius 2 is 1.94 bits per heavy atom. The second-order valence-electron chi connectivity index (χ2n) is 3.87. The number of alkyl halides is 3. The van der Waals surface area contributed by atoms with Crippen LogP contribution in [0.15, 0.2) is 24.3 Å². The van der Waals surface area contributed by atoms with Gasteiger partial charge in [0, 0.05) is 13.6 Å². The van der Waals surface area contributed by atoms with Crippen LogP contribution in [-0.4, -0.2) is 19.0 Å². The maximum absolute atomic E-state index is 12.7. The number of rotatable bonds is 4. The summed E-state index contributed by atoms with van der Waals surface area (Å²) in [5, 5.41) is 5.17. The van der Waals surface area contributed by atoms with Crippen molar-refractivity contribution in [2.24, 2.45) is 0 Å². The van der Waals surface area contributed by atoms with E-state index in [9.17, 15) is 18.0 Å². The molecule has 2 N–H and O–H groups in total. The quantitative estimate of drug-likeness (QED) is 0.868. The fraction of sp³-hybridized carbons (Fsp3) is 0.417. The molecule has 0 aromatic heterocycles. The average Bonchev–Trinajstić information content (AvgIpc) is 2.34. The van der Waals surface area contributed by atoms with Gasteiger partial charge in [-0.15, -0.1) is 0 Å². The minimum Gasteiger partial charge on any atom is -0.358 e. The van der Waals surface area contributed by atoms with Crippen molar-refractivity contribution in [3.8, 4) is 0 Å². The van der Waals surface area contributed by atoms with Crippen molar-refractivity contribution in [2.75, 3.05) is 7.05 Å². The van der Waals surface area contributed by atoms with Crippen LogP contribution < -0.4 is 10.6 Å². The largest absolute Gasteiger partial charge is 0.416 e. The summed E-state index contributed by atoms with van der Waals surface area (Å²) in [5.74, 6) is -0.264. The first kappa shape index (κ1) is 14.5. The van der Waals surface area contributed by atoms with E-state index >= 15 is 0 Å². The maximum atomic E-state index is 12.7. The minimum atomic E-state index is -4.38. The normalized spacial score (nSPS) is 13.2. The summed E-state index contributed by atoms with van der Waals surface area (Å²) in [7, 11) is 1.48. The van der Waals surface area contributed by atoms with Gasteiger partial charge in [0.25, 0.3) is 0 Å². The molecule has 0 saturated heterocycles. The molecule has 0 aliphatic rings. The fourth-order valence-corrected chi connectivity index (χ4v) is 1.52. The van der Waals surface area contributed by atoms with Gasteiger partial charge < -0.3 is 10.6 Å². The van der Waals surface area contributed by atoms with E-state index in [2.05, 4.69) is 10.6 Å². The Kier molecular flexibility index (Phi) is 4.72. The van der Waals surface area contributed by atoms with Crippen molar-refractivity contribution >= 4 is 5.91 Å². The average molecular weight is 260 g/mol. The smallest absolute Gasteiger partial charge is 0.358 e. The molecule has 1 amide bonds. The molecule has 18 heavy (non-hydrogen) atoms. The molecule has 0 spiro atoms. The van der Waals surface area contributed by atoms with Crippen LogP contribution in [-0.2, 0) is 17.5 Å². The first-order valence-electron chi connectivity index (χ1n) is 5.46. The Hall–Kier alpha value is -1.56. The van der Waals surface area contributed by atoms with E-state index in [-0.39, 0.29) is 18.0 Å². The Morgan fingerprint density at radius 3 is 2.50 bits per heavy atom. The van der Waals surface area contributed by atoms with E-state index in [0.29, 0.717) is 0 Å². The van der Waals surface area contributed by atoms with Crippen molar-refractivity contribution in [1.82, 2.24) is 10.6 Å². The van der Waals surface area contributed by atoms with Crippen LogP contribution in [0.2, 0.25) is 0 Å². The molecule has 0 heterocycles. The lowest BCUT2D eigenvalue weighted by Crippen LogP contribution is -2.40. The molecule has 0 aliphatic carbocycles. The van der Waals surface area contributed by atoms with Crippen LogP contribution in [0.25, 0.3) is 0 Å². The van der Waals surface area contributed by atoms with E-state index in [1.807, 2.05) is 0 Å². The highest BCUT2D eigenvalue weighted by molar-refractivity contribution is 5.80. The Labute approximate surface area is 103 Å². The second kappa shape index (κ2) is 5.86. The summed E-state index contributed by atoms with van der Waals surface area (Å²) in [6.45, 7) is 1.58. The molecule has 0 bridgehead atoms. The van der Waals surface area contributed by atoms with E-state index in [4.69, 9.17) is 0 Å². The van der Waals surface area contributed by atoms with Gasteiger partial charge in [0.15, 0.2) is 0 Å². The molecule has 3 nitrogen and oxygen atoms in total. The summed E-state index contributed by atoms with van der Waals surface area (Å²) in [4.78, 5) is 11.2. The van der Waals surface area contributed by atoms with Crippen LogP contribution in [0, 0.1) is 0 Å². The zero-order valence-corrected chi connectivity index (χ0v) is 10.1. The summed E-state index contributed by atoms with van der Waals surface area (Å²) >= 11 is 0. The van der Waals surface area contributed by atoms with Crippen molar-refractivity contribution < 1.29 is 18.0 Å². The molecule has 100 valence electrons. The van der Waals surface area contributed by atoms with Gasteiger partial charge in [-0.3, -0.25) is 4.79 Å². The second-order valence-corrected chi connectivity index (χ2v) is 3.87. The van der Waals surface area contributed by atoms with Crippen molar-refractivity contribution in [1.29, 1.82) is 0 Å². The first-order valence-corrected chi connectivity index (χ1v) is 5.46. The topological polar surface area (TPSA) is 41.1 Å². The first-order chi connectivity index (χ1) is 8.36. The number of carbonyl (C=O) groups is 1. The summed E-state index contributed by atoms with van der Waals surface area (Å²) in [5.41, 5.74) is -0.553. The highest BCUT2D eigenvalue weighted by Gasteiger charge is 2.32. The van der Waals surface area contributed by atoms with Gasteiger partial charge in [-0.05, 0) is 18.6 Å². The third-order valence-corrected chi connectivity index (χ3v) is 2.56. The number of amides is 1. The molecule has 0 saturated carbocycles. The Bertz CT molecular complexity index is 418. The summed E-state index contributed by atoms with van der Waals surface area (Å²) in [6.07, 6.45) is -4.38. The third-order valence-electron chi connectivity index (χ3n) is 2.56. The van der Waals surface area contributed by atoms with Gasteiger partial charge in [0.05, 0.1) is 11.6 Å². The highest BCUT2D eigenvalue weighted by Crippen LogP contribution is 2.31. The molecular formula is C12H15F3N2O. The summed E-state index contributed by atoms with van der Waals surface area (Å²) < 4.78 is 38.1. The molecule has 1 unspecified atom stereocenters.